The zero-order valence-corrected chi connectivity index (χ0v) is 65.2. The van der Waals surface area contributed by atoms with Crippen molar-refractivity contribution in [2.75, 3.05) is 66.1 Å². The number of hydrogen-bond donors (Lipinski definition) is 32. The summed E-state index contributed by atoms with van der Waals surface area (Å²) in [7, 11) is 0. The fourth-order valence-corrected chi connectivity index (χ4v) is 15.2. The molecule has 32 N–H and O–H groups in total. The molecule has 54 heteroatoms. The van der Waals surface area contributed by atoms with Crippen LogP contribution < -0.4 is 26.6 Å². The molecule has 0 unspecified atom stereocenters. The second-order valence-electron chi connectivity index (χ2n) is 30.1. The minimum atomic E-state index is -3.30. The van der Waals surface area contributed by atoms with E-state index in [2.05, 4.69) is 26.6 Å². The van der Waals surface area contributed by atoms with Crippen molar-refractivity contribution in [1.82, 2.24) is 26.6 Å². The van der Waals surface area contributed by atoms with Crippen molar-refractivity contribution in [2.24, 2.45) is 0 Å². The maximum Gasteiger partial charge on any atom is 0.364 e. The third-order valence-electron chi connectivity index (χ3n) is 21.4. The molecule has 0 spiro atoms. The molecule has 700 valence electrons. The fourth-order valence-electron chi connectivity index (χ4n) is 15.2. The van der Waals surface area contributed by atoms with Gasteiger partial charge in [-0.2, -0.15) is 0 Å². The Morgan fingerprint density at radius 3 is 1.10 bits per heavy atom. The molecule has 5 amide bonds. The van der Waals surface area contributed by atoms with E-state index in [-0.39, 0.29) is 0 Å². The number of carbonyl (C=O) groups is 6. The summed E-state index contributed by atoms with van der Waals surface area (Å²) in [6, 6.07) is -9.32. The average molecular weight is 1770 g/mol. The molecule has 45 atom stereocenters. The van der Waals surface area contributed by atoms with Crippen LogP contribution in [0.5, 0.6) is 0 Å². The molecule has 8 rings (SSSR count). The van der Waals surface area contributed by atoms with Gasteiger partial charge in [0.25, 0.3) is 5.79 Å². The lowest BCUT2D eigenvalue weighted by Crippen LogP contribution is -2.71. The molecule has 0 bridgehead atoms. The Balaban J connectivity index is 0.972. The number of aliphatic hydroxyl groups is 26. The first-order valence-corrected chi connectivity index (χ1v) is 38.2. The minimum absolute atomic E-state index is 0.874. The highest BCUT2D eigenvalue weighted by atomic mass is 16.8. The van der Waals surface area contributed by atoms with Crippen molar-refractivity contribution in [3.63, 3.8) is 0 Å². The largest absolute Gasteiger partial charge is 0.477 e. The van der Waals surface area contributed by atoms with Crippen LogP contribution in [-0.4, -0.2) is 515 Å². The Bertz CT molecular complexity index is 3280. The Kier molecular flexibility index (Phi) is 37.5. The van der Waals surface area contributed by atoms with E-state index in [1.807, 2.05) is 0 Å². The lowest BCUT2D eigenvalue weighted by atomic mass is 9.88. The van der Waals surface area contributed by atoms with Gasteiger partial charge >= 0.3 is 5.97 Å². The van der Waals surface area contributed by atoms with Gasteiger partial charge in [0.1, 0.15) is 207 Å². The zero-order chi connectivity index (χ0) is 90.0. The summed E-state index contributed by atoms with van der Waals surface area (Å²) < 4.78 is 92.9. The molecule has 0 aromatic rings. The monoisotopic (exact) mass is 1770 g/mol. The normalized spacial score (nSPS) is 43.9. The second-order valence-corrected chi connectivity index (χ2v) is 30.1. The first kappa shape index (κ1) is 102. The van der Waals surface area contributed by atoms with Crippen molar-refractivity contribution in [2.45, 2.75) is 316 Å². The number of carboxylic acids is 1. The molecule has 0 aliphatic carbocycles. The summed E-state index contributed by atoms with van der Waals surface area (Å²) in [6.45, 7) is -6.81. The molecule has 54 nitrogen and oxygen atoms in total. The smallest absolute Gasteiger partial charge is 0.364 e. The highest BCUT2D eigenvalue weighted by molar-refractivity contribution is 5.77. The molecular formula is C67H113N5O49. The molecule has 8 fully saturated rings. The van der Waals surface area contributed by atoms with Crippen molar-refractivity contribution in [1.29, 1.82) is 0 Å². The number of aliphatic carboxylic acids is 1. The predicted molar refractivity (Wildman–Crippen MR) is 374 cm³/mol. The minimum Gasteiger partial charge on any atom is -0.477 e. The second kappa shape index (κ2) is 44.7. The number of aliphatic hydroxyl groups excluding tert-OH is 26. The third kappa shape index (κ3) is 23.4. The van der Waals surface area contributed by atoms with Gasteiger partial charge in [0.15, 0.2) is 44.0 Å². The van der Waals surface area contributed by atoms with E-state index in [4.69, 9.17) is 75.8 Å². The molecule has 8 aliphatic rings. The van der Waals surface area contributed by atoms with Gasteiger partial charge in [-0.15, -0.1) is 0 Å². The standard InChI is InChI=1S/C67H113N5O49/c1-17(82)68-22(7-73)51(114-65-50(103)58(42(95)29(12-78)110-65)121-67(66(104)105)6-23(87)33(69-18(2)83)55(120-67)37(90)24(88)8-74)38(91)25(89)16-106-59-34(70-19(3)84)43(96)52(30(13-79)111-59)116-63-48(101)56(40(93)27(10-76)108-63)119-61-36(72-21(5)86)45(98)54(32(15-81)113-61)117-64-49(102)57(41(94)28(11-77)109-64)118-60-35(71-20(4)85)44(97)53(31(14-80)112-60)115-62-47(100)46(99)39(92)26(9-75)107-62/h22-65,73-81,87-103H,6-16H2,1-5H3,(H,68,82)(H,69,83)(H,70,84)(H,71,85)(H,72,86)(H,104,105)/t22-,23-,24+,25+,26+,27+,28+,29+,30+,31+,32+,33+,34+,35+,36+,37+,38-,39-,40-,41-,42-,43+,44+,45+,46-,47+,48+,49+,50+,51+,52+,53+,54+,55+,56-,57-,58-,59+,60-,61-,62-,63-,64-,65-,67-/m0/s1. The summed E-state index contributed by atoms with van der Waals surface area (Å²) in [6.07, 6.45) is -83.9. The zero-order valence-electron chi connectivity index (χ0n) is 65.2. The van der Waals surface area contributed by atoms with Gasteiger partial charge in [0.05, 0.1) is 84.3 Å². The summed E-state index contributed by atoms with van der Waals surface area (Å²) >= 11 is 0. The van der Waals surface area contributed by atoms with Crippen LogP contribution in [0.4, 0.5) is 0 Å². The Hall–Kier alpha value is -4.86. The highest BCUT2D eigenvalue weighted by Gasteiger charge is 2.63. The number of amides is 5. The molecule has 0 aromatic carbocycles. The number of hydrogen-bond acceptors (Lipinski definition) is 48. The van der Waals surface area contributed by atoms with Gasteiger partial charge < -0.3 is 240 Å². The van der Waals surface area contributed by atoms with Crippen LogP contribution in [0.25, 0.3) is 0 Å². The predicted octanol–water partition coefficient (Wildman–Crippen LogP) is -21.1. The number of carboxylic acid groups (broad SMARTS) is 1. The Labute approximate surface area is 685 Å². The van der Waals surface area contributed by atoms with Gasteiger partial charge in [-0.05, 0) is 0 Å². The molecule has 0 saturated carbocycles. The van der Waals surface area contributed by atoms with Crippen LogP contribution in [-0.2, 0) is 105 Å². The summed E-state index contributed by atoms with van der Waals surface area (Å²) in [4.78, 5) is 76.4. The van der Waals surface area contributed by atoms with Crippen molar-refractivity contribution >= 4 is 35.5 Å². The maximum atomic E-state index is 13.2. The topological polar surface area (TPSA) is 856 Å². The number of rotatable bonds is 37. The van der Waals surface area contributed by atoms with Gasteiger partial charge in [-0.3, -0.25) is 24.0 Å². The Morgan fingerprint density at radius 1 is 0.372 bits per heavy atom. The molecule has 8 aliphatic heterocycles. The molecule has 8 saturated heterocycles. The first-order valence-electron chi connectivity index (χ1n) is 38.2. The lowest BCUT2D eigenvalue weighted by Gasteiger charge is -2.51. The molecule has 121 heavy (non-hydrogen) atoms. The highest BCUT2D eigenvalue weighted by Crippen LogP contribution is 2.41. The van der Waals surface area contributed by atoms with Crippen LogP contribution in [0.3, 0.4) is 0 Å². The molecule has 0 aromatic heterocycles. The van der Waals surface area contributed by atoms with E-state index in [0.29, 0.717) is 0 Å². The van der Waals surface area contributed by atoms with E-state index < -0.39 is 383 Å². The summed E-state index contributed by atoms with van der Waals surface area (Å²) in [5.74, 6) is -10.1. The van der Waals surface area contributed by atoms with Crippen molar-refractivity contribution in [3.05, 3.63) is 0 Å². The van der Waals surface area contributed by atoms with Crippen LogP contribution in [0, 0.1) is 0 Å². The van der Waals surface area contributed by atoms with Crippen LogP contribution in [0.1, 0.15) is 41.0 Å². The molecular weight excluding hydrogens is 1660 g/mol. The summed E-state index contributed by atoms with van der Waals surface area (Å²) in [5.41, 5.74) is 0. The maximum absolute atomic E-state index is 13.2. The first-order chi connectivity index (χ1) is 57.0. The van der Waals surface area contributed by atoms with E-state index in [9.17, 15) is 167 Å². The van der Waals surface area contributed by atoms with Gasteiger partial charge in [-0.25, -0.2) is 4.79 Å². The van der Waals surface area contributed by atoms with Crippen LogP contribution in [0.2, 0.25) is 0 Å². The number of carbonyl (C=O) groups excluding carboxylic acids is 5. The third-order valence-corrected chi connectivity index (χ3v) is 21.4. The Morgan fingerprint density at radius 2 is 0.719 bits per heavy atom. The summed E-state index contributed by atoms with van der Waals surface area (Å²) in [5, 5.41) is 310. The van der Waals surface area contributed by atoms with E-state index in [1.54, 1.807) is 0 Å². The van der Waals surface area contributed by atoms with Crippen LogP contribution in [0.15, 0.2) is 0 Å². The molecule has 0 radical (unpaired) electrons. The van der Waals surface area contributed by atoms with E-state index >= 15 is 0 Å². The SMILES string of the molecule is CC(=O)N[C@H]1[C@H](O[C@H]2[C@@H](O)[C@@H](CO)O[C@@H](O[C@H]3[C@H](O)[C@@H](NC(C)=O)[C@H](O[C@H]4[C@@H](O)[C@@H](CO)O[C@@H](O[C@H]5[C@H](O)[C@@H](NC(C)=O)[C@H](OC[C@@H](O)[C@H](O)[C@H](O[C@@H]6O[C@H](CO)[C@H](O)[C@H](O[C@]7(C(=O)O)C[C@H](O)[C@@H](NC(C)=O)[C@H]([C@H](O)[C@H](O)CO)O7)[C@H]6O)[C@H](CO)NC(C)=O)O[C@@H]5CO)[C@@H]4O)O[C@@H]3CO)[C@@H]2O)O[C@H](CO)[C@@H](O[C@@H]2O[C@H](CO)[C@H](O)[C@H](O)[C@H]2O)[C@@H]1O. The van der Waals surface area contributed by atoms with E-state index in [1.165, 1.54) is 0 Å². The van der Waals surface area contributed by atoms with Gasteiger partial charge in [-0.1, -0.05) is 0 Å². The lowest BCUT2D eigenvalue weighted by molar-refractivity contribution is -0.386. The van der Waals surface area contributed by atoms with Gasteiger partial charge in [0.2, 0.25) is 29.5 Å². The quantitative estimate of drug-likeness (QED) is 0.0275. The van der Waals surface area contributed by atoms with E-state index in [0.717, 1.165) is 34.6 Å². The van der Waals surface area contributed by atoms with Crippen LogP contribution >= 0.6 is 0 Å². The number of ether oxygens (including phenoxy) is 16. The van der Waals surface area contributed by atoms with Gasteiger partial charge in [0, 0.05) is 41.0 Å². The van der Waals surface area contributed by atoms with Crippen molar-refractivity contribution in [3.8, 4) is 0 Å². The molecule has 8 heterocycles. The fraction of sp³-hybridized carbons (Fsp3) is 0.910. The number of nitrogens with one attached hydrogen (secondary N) is 5. The average Bonchev–Trinajstić information content (AvgIpc) is 0.746. The van der Waals surface area contributed by atoms with Crippen molar-refractivity contribution < 1.29 is 242 Å².